The molecule has 1 aliphatic carbocycles. The number of carbonyl (C=O) groups excluding carboxylic acids is 1. The third-order valence-corrected chi connectivity index (χ3v) is 7.84. The van der Waals surface area contributed by atoms with Crippen molar-refractivity contribution >= 4 is 50.5 Å². The second kappa shape index (κ2) is 4.85. The Kier molecular flexibility index (Phi) is 3.06. The normalized spacial score (nSPS) is 30.3. The van der Waals surface area contributed by atoms with Gasteiger partial charge in [-0.05, 0) is 49.2 Å². The van der Waals surface area contributed by atoms with Gasteiger partial charge < -0.3 is 5.32 Å². The number of thiophene rings is 1. The van der Waals surface area contributed by atoms with Gasteiger partial charge in [-0.1, -0.05) is 29.3 Å². The third-order valence-electron chi connectivity index (χ3n) is 5.76. The van der Waals surface area contributed by atoms with Crippen LogP contribution in [0.1, 0.15) is 28.9 Å². The first-order valence-corrected chi connectivity index (χ1v) is 9.59. The molecular formula is C17H16Cl2N2OS. The maximum Gasteiger partial charge on any atom is 0.261 e. The second-order valence-electron chi connectivity index (χ2n) is 6.94. The van der Waals surface area contributed by atoms with Crippen molar-refractivity contribution in [2.24, 2.45) is 5.92 Å². The summed E-state index contributed by atoms with van der Waals surface area (Å²) in [6.45, 7) is 2.35. The molecule has 120 valence electrons. The van der Waals surface area contributed by atoms with E-state index < -0.39 is 0 Å². The smallest absolute Gasteiger partial charge is 0.261 e. The lowest BCUT2D eigenvalue weighted by Crippen LogP contribution is -2.51. The van der Waals surface area contributed by atoms with Crippen molar-refractivity contribution in [2.45, 2.75) is 30.8 Å². The van der Waals surface area contributed by atoms with Gasteiger partial charge in [0.25, 0.3) is 5.91 Å². The van der Waals surface area contributed by atoms with Crippen molar-refractivity contribution in [3.8, 4) is 0 Å². The van der Waals surface area contributed by atoms with Crippen molar-refractivity contribution in [3.05, 3.63) is 33.1 Å². The molecule has 1 saturated carbocycles. The number of halogens is 2. The molecule has 6 heteroatoms. The van der Waals surface area contributed by atoms with Crippen molar-refractivity contribution in [1.29, 1.82) is 0 Å². The predicted octanol–water partition coefficient (Wildman–Crippen LogP) is 4.17. The zero-order valence-corrected chi connectivity index (χ0v) is 14.8. The second-order valence-corrected chi connectivity index (χ2v) is 8.78. The quantitative estimate of drug-likeness (QED) is 0.864. The monoisotopic (exact) mass is 366 g/mol. The number of nitrogens with zero attached hydrogens (tertiary/aromatic N) is 1. The number of fused-ring (bicyclic) bond motifs is 4. The Hall–Kier alpha value is -0.810. The fraction of sp³-hybridized carbons (Fsp3) is 0.471. The summed E-state index contributed by atoms with van der Waals surface area (Å²) in [5.41, 5.74) is 0.274. The average molecular weight is 367 g/mol. The van der Waals surface area contributed by atoms with Crippen LogP contribution >= 0.6 is 34.5 Å². The van der Waals surface area contributed by atoms with Crippen molar-refractivity contribution in [3.63, 3.8) is 0 Å². The molecule has 3 fully saturated rings. The van der Waals surface area contributed by atoms with Crippen LogP contribution in [0.25, 0.3) is 10.1 Å². The van der Waals surface area contributed by atoms with Crippen molar-refractivity contribution in [1.82, 2.24) is 10.2 Å². The molecular weight excluding hydrogens is 351 g/mol. The molecule has 2 unspecified atom stereocenters. The Morgan fingerprint density at radius 1 is 1.35 bits per heavy atom. The van der Waals surface area contributed by atoms with E-state index in [2.05, 4.69) is 10.2 Å². The Bertz CT molecular complexity index is 829. The van der Waals surface area contributed by atoms with Gasteiger partial charge >= 0.3 is 0 Å². The molecule has 3 atom stereocenters. The SMILES string of the molecule is O=C(N[C@@H]1C2CCN(C2)C12CC2)c1cc2ccc(Cl)c(Cl)c2s1. The molecule has 5 rings (SSSR count). The molecule has 1 aromatic heterocycles. The van der Waals surface area contributed by atoms with Crippen LogP contribution in [0, 0.1) is 5.92 Å². The summed E-state index contributed by atoms with van der Waals surface area (Å²) in [6.07, 6.45) is 3.66. The molecule has 0 radical (unpaired) electrons. The van der Waals surface area contributed by atoms with Crippen LogP contribution in [0.5, 0.6) is 0 Å². The maximum absolute atomic E-state index is 12.8. The molecule has 3 heterocycles. The van der Waals surface area contributed by atoms with E-state index in [0.29, 0.717) is 22.0 Å². The van der Waals surface area contributed by atoms with Gasteiger partial charge in [0.2, 0.25) is 0 Å². The van der Waals surface area contributed by atoms with Crippen LogP contribution in [-0.2, 0) is 0 Å². The van der Waals surface area contributed by atoms with Crippen molar-refractivity contribution in [2.75, 3.05) is 13.1 Å². The van der Waals surface area contributed by atoms with Gasteiger partial charge in [-0.3, -0.25) is 9.69 Å². The van der Waals surface area contributed by atoms with E-state index in [1.54, 1.807) is 6.07 Å². The highest BCUT2D eigenvalue weighted by molar-refractivity contribution is 7.21. The largest absolute Gasteiger partial charge is 0.346 e. The third kappa shape index (κ3) is 2.02. The van der Waals surface area contributed by atoms with Gasteiger partial charge in [0.05, 0.1) is 25.7 Å². The maximum atomic E-state index is 12.8. The van der Waals surface area contributed by atoms with E-state index in [9.17, 15) is 4.79 Å². The van der Waals surface area contributed by atoms with Gasteiger partial charge in [-0.25, -0.2) is 0 Å². The number of benzene rings is 1. The molecule has 1 N–H and O–H groups in total. The predicted molar refractivity (Wildman–Crippen MR) is 94.7 cm³/mol. The topological polar surface area (TPSA) is 32.3 Å². The summed E-state index contributed by atoms with van der Waals surface area (Å²) in [5.74, 6) is 0.650. The lowest BCUT2D eigenvalue weighted by Gasteiger charge is -2.33. The molecule has 2 saturated heterocycles. The summed E-state index contributed by atoms with van der Waals surface area (Å²) in [4.78, 5) is 16.1. The first-order valence-electron chi connectivity index (χ1n) is 8.02. The zero-order valence-electron chi connectivity index (χ0n) is 12.4. The lowest BCUT2D eigenvalue weighted by molar-refractivity contribution is 0.0896. The Labute approximate surface area is 148 Å². The van der Waals surface area contributed by atoms with Gasteiger partial charge in [0, 0.05) is 12.1 Å². The van der Waals surface area contributed by atoms with Crippen LogP contribution in [0.4, 0.5) is 0 Å². The first-order chi connectivity index (χ1) is 11.1. The highest BCUT2D eigenvalue weighted by Gasteiger charge is 2.63. The number of rotatable bonds is 2. The standard InChI is InChI=1S/C17H16Cl2N2OS/c18-11-2-1-9-7-12(23-14(9)13(11)19)16(22)20-15-10-3-6-21(8-10)17(15)4-5-17/h1-2,7,10,15H,3-6,8H2,(H,20,22)/t10?,15-/m1/s1. The lowest BCUT2D eigenvalue weighted by atomic mass is 9.92. The summed E-state index contributed by atoms with van der Waals surface area (Å²) in [6, 6.07) is 5.93. The van der Waals surface area contributed by atoms with E-state index in [0.717, 1.165) is 21.5 Å². The minimum absolute atomic E-state index is 0.0309. The van der Waals surface area contributed by atoms with Gasteiger partial charge in [0.15, 0.2) is 0 Å². The van der Waals surface area contributed by atoms with E-state index in [4.69, 9.17) is 23.2 Å². The van der Waals surface area contributed by atoms with Crippen LogP contribution in [0.3, 0.4) is 0 Å². The molecule has 1 amide bonds. The summed E-state index contributed by atoms with van der Waals surface area (Å²) < 4.78 is 0.891. The van der Waals surface area contributed by atoms with E-state index >= 15 is 0 Å². The fourth-order valence-corrected chi connectivity index (χ4v) is 5.98. The number of amides is 1. The summed E-state index contributed by atoms with van der Waals surface area (Å²) in [7, 11) is 0. The molecule has 3 nitrogen and oxygen atoms in total. The van der Waals surface area contributed by atoms with Crippen LogP contribution in [-0.4, -0.2) is 35.5 Å². The minimum atomic E-state index is 0.0309. The molecule has 23 heavy (non-hydrogen) atoms. The number of carbonyl (C=O) groups is 1. The fourth-order valence-electron chi connectivity index (χ4n) is 4.48. The molecule has 2 aliphatic heterocycles. The molecule has 1 spiro atoms. The zero-order chi connectivity index (χ0) is 15.8. The highest BCUT2D eigenvalue weighted by atomic mass is 35.5. The minimum Gasteiger partial charge on any atom is -0.346 e. The van der Waals surface area contributed by atoms with Gasteiger partial charge in [-0.15, -0.1) is 11.3 Å². The van der Waals surface area contributed by atoms with Gasteiger partial charge in [-0.2, -0.15) is 0 Å². The Morgan fingerprint density at radius 2 is 2.17 bits per heavy atom. The number of nitrogens with one attached hydrogen (secondary N) is 1. The molecule has 2 aromatic rings. The van der Waals surface area contributed by atoms with Crippen LogP contribution in [0.2, 0.25) is 10.0 Å². The van der Waals surface area contributed by atoms with Crippen LogP contribution in [0.15, 0.2) is 18.2 Å². The Balaban J connectivity index is 1.44. The first kappa shape index (κ1) is 14.5. The molecule has 1 aromatic carbocycles. The molecule has 2 bridgehead atoms. The van der Waals surface area contributed by atoms with Crippen LogP contribution < -0.4 is 5.32 Å². The molecule has 3 aliphatic rings. The van der Waals surface area contributed by atoms with Crippen molar-refractivity contribution < 1.29 is 4.79 Å². The van der Waals surface area contributed by atoms with E-state index in [-0.39, 0.29) is 11.4 Å². The van der Waals surface area contributed by atoms with E-state index in [1.807, 2.05) is 12.1 Å². The Morgan fingerprint density at radius 3 is 2.96 bits per heavy atom. The van der Waals surface area contributed by atoms with E-state index in [1.165, 1.54) is 37.1 Å². The van der Waals surface area contributed by atoms with Gasteiger partial charge in [0.1, 0.15) is 0 Å². The number of hydrogen-bond acceptors (Lipinski definition) is 3. The summed E-state index contributed by atoms with van der Waals surface area (Å²) in [5, 5.41) is 5.38. The number of piperidine rings is 1. The highest BCUT2D eigenvalue weighted by Crippen LogP contribution is 2.55. The average Bonchev–Trinajstić information content (AvgIpc) is 2.93. The summed E-state index contributed by atoms with van der Waals surface area (Å²) >= 11 is 13.8. The number of hydrogen-bond donors (Lipinski definition) is 1.